The van der Waals surface area contributed by atoms with Crippen molar-refractivity contribution in [1.82, 2.24) is 24.9 Å². The Morgan fingerprint density at radius 1 is 1.22 bits per heavy atom. The Balaban J connectivity index is 1.75. The van der Waals surface area contributed by atoms with Gasteiger partial charge >= 0.3 is 0 Å². The minimum Gasteiger partial charge on any atom is -0.395 e. The quantitative estimate of drug-likeness (QED) is 0.557. The van der Waals surface area contributed by atoms with Crippen molar-refractivity contribution in [3.8, 4) is 11.4 Å². The maximum Gasteiger partial charge on any atom is 0.219 e. The van der Waals surface area contributed by atoms with Gasteiger partial charge in [-0.1, -0.05) is 0 Å². The summed E-state index contributed by atoms with van der Waals surface area (Å²) in [6.07, 6.45) is 5.20. The van der Waals surface area contributed by atoms with Crippen LogP contribution in [0.1, 0.15) is 0 Å². The van der Waals surface area contributed by atoms with Gasteiger partial charge in [-0.3, -0.25) is 0 Å². The Labute approximate surface area is 155 Å². The summed E-state index contributed by atoms with van der Waals surface area (Å²) in [6, 6.07) is 1.97. The summed E-state index contributed by atoms with van der Waals surface area (Å²) in [7, 11) is 1.72. The maximum absolute atomic E-state index is 9.14. The molecule has 4 rings (SSSR count). The van der Waals surface area contributed by atoms with Gasteiger partial charge in [-0.25, -0.2) is 24.9 Å². The number of nitrogens with one attached hydrogen (secondary N) is 1. The molecular formula is C17H20N8O2. The molecule has 4 heterocycles. The third-order valence-corrected chi connectivity index (χ3v) is 4.40. The van der Waals surface area contributed by atoms with Gasteiger partial charge < -0.3 is 25.8 Å². The number of rotatable bonds is 6. The number of aromatic nitrogens is 5. The molecule has 4 N–H and O–H groups in total. The average molecular weight is 368 g/mol. The molecule has 0 aromatic carbocycles. The molecule has 140 valence electrons. The van der Waals surface area contributed by atoms with Crippen LogP contribution in [0.25, 0.3) is 22.4 Å². The highest BCUT2D eigenvalue weighted by atomic mass is 16.5. The first-order valence-electron chi connectivity index (χ1n) is 8.56. The number of ether oxygens (including phenoxy) is 1. The number of hydrogen-bond acceptors (Lipinski definition) is 10. The van der Waals surface area contributed by atoms with Crippen molar-refractivity contribution in [3.63, 3.8) is 0 Å². The maximum atomic E-state index is 9.14. The van der Waals surface area contributed by atoms with Crippen LogP contribution in [-0.4, -0.2) is 69.5 Å². The third-order valence-electron chi connectivity index (χ3n) is 4.40. The van der Waals surface area contributed by atoms with Crippen molar-refractivity contribution < 1.29 is 9.84 Å². The van der Waals surface area contributed by atoms with Crippen LogP contribution < -0.4 is 16.0 Å². The van der Waals surface area contributed by atoms with E-state index in [1.54, 1.807) is 25.7 Å². The predicted octanol–water partition coefficient (Wildman–Crippen LogP) is 0.303. The van der Waals surface area contributed by atoms with E-state index < -0.39 is 0 Å². The van der Waals surface area contributed by atoms with E-state index in [2.05, 4.69) is 35.1 Å². The molecule has 0 amide bonds. The summed E-state index contributed by atoms with van der Waals surface area (Å²) in [5.41, 5.74) is 8.50. The molecular weight excluding hydrogens is 348 g/mol. The lowest BCUT2D eigenvalue weighted by Gasteiger charge is -2.39. The first-order chi connectivity index (χ1) is 13.2. The Bertz CT molecular complexity index is 944. The van der Waals surface area contributed by atoms with Gasteiger partial charge in [-0.05, 0) is 6.07 Å². The van der Waals surface area contributed by atoms with E-state index in [9.17, 15) is 0 Å². The lowest BCUT2D eigenvalue weighted by atomic mass is 10.1. The molecule has 10 nitrogen and oxygen atoms in total. The first-order valence-corrected chi connectivity index (χ1v) is 8.56. The van der Waals surface area contributed by atoms with E-state index in [0.717, 1.165) is 18.8 Å². The second-order valence-corrected chi connectivity index (χ2v) is 6.20. The van der Waals surface area contributed by atoms with E-state index in [-0.39, 0.29) is 18.7 Å². The molecule has 27 heavy (non-hydrogen) atoms. The largest absolute Gasteiger partial charge is 0.395 e. The number of nitrogens with two attached hydrogens (primary N) is 1. The van der Waals surface area contributed by atoms with Gasteiger partial charge in [0, 0.05) is 39.1 Å². The van der Waals surface area contributed by atoms with E-state index in [1.165, 1.54) is 0 Å². The Hall–Kier alpha value is -3.11. The van der Waals surface area contributed by atoms with Crippen LogP contribution in [0.3, 0.4) is 0 Å². The van der Waals surface area contributed by atoms with E-state index >= 15 is 0 Å². The van der Waals surface area contributed by atoms with Crippen molar-refractivity contribution in [2.45, 2.75) is 6.10 Å². The summed E-state index contributed by atoms with van der Waals surface area (Å²) in [6.45, 7) is 1.98. The second-order valence-electron chi connectivity index (χ2n) is 6.20. The lowest BCUT2D eigenvalue weighted by molar-refractivity contribution is 0.0787. The Kier molecular flexibility index (Phi) is 4.65. The molecule has 3 aromatic heterocycles. The van der Waals surface area contributed by atoms with Crippen molar-refractivity contribution >= 4 is 28.5 Å². The zero-order chi connectivity index (χ0) is 18.8. The highest BCUT2D eigenvalue weighted by Crippen LogP contribution is 2.28. The van der Waals surface area contributed by atoms with Crippen molar-refractivity contribution in [3.05, 3.63) is 24.7 Å². The molecule has 1 aliphatic rings. The SMILES string of the molecule is COC1CN(c2cnc3c(NCCO)nc(-c4cnc(N)nc4)nc3c2)C1. The van der Waals surface area contributed by atoms with Crippen LogP contribution in [0.4, 0.5) is 17.5 Å². The molecule has 0 aliphatic carbocycles. The predicted molar refractivity (Wildman–Crippen MR) is 101 cm³/mol. The molecule has 3 aromatic rings. The van der Waals surface area contributed by atoms with Gasteiger partial charge in [-0.2, -0.15) is 0 Å². The van der Waals surface area contributed by atoms with Crippen molar-refractivity contribution in [2.75, 3.05) is 49.3 Å². The van der Waals surface area contributed by atoms with E-state index in [0.29, 0.717) is 34.8 Å². The molecule has 10 heteroatoms. The number of nitrogen functional groups attached to an aromatic ring is 1. The number of aliphatic hydroxyl groups excluding tert-OH is 1. The van der Waals surface area contributed by atoms with Crippen molar-refractivity contribution in [2.24, 2.45) is 0 Å². The molecule has 1 saturated heterocycles. The molecule has 0 spiro atoms. The highest BCUT2D eigenvalue weighted by molar-refractivity contribution is 5.89. The third kappa shape index (κ3) is 3.44. The molecule has 1 aliphatic heterocycles. The minimum absolute atomic E-state index is 0.0178. The summed E-state index contributed by atoms with van der Waals surface area (Å²) in [5.74, 6) is 1.19. The van der Waals surface area contributed by atoms with Crippen LogP contribution in [-0.2, 0) is 4.74 Å². The Morgan fingerprint density at radius 3 is 2.70 bits per heavy atom. The Morgan fingerprint density at radius 2 is 2.00 bits per heavy atom. The van der Waals surface area contributed by atoms with Crippen molar-refractivity contribution in [1.29, 1.82) is 0 Å². The van der Waals surface area contributed by atoms with E-state index in [1.807, 2.05) is 6.07 Å². The summed E-state index contributed by atoms with van der Waals surface area (Å²) in [5, 5.41) is 12.2. The number of aliphatic hydroxyl groups is 1. The van der Waals surface area contributed by atoms with Crippen LogP contribution in [0.15, 0.2) is 24.7 Å². The number of methoxy groups -OCH3 is 1. The van der Waals surface area contributed by atoms with Gasteiger partial charge in [0.05, 0.1) is 35.7 Å². The first kappa shape index (κ1) is 17.3. The normalized spacial score (nSPS) is 14.4. The second kappa shape index (κ2) is 7.25. The standard InChI is InChI=1S/C17H20N8O2/c1-27-12-8-25(9-12)11-4-13-14(20-7-11)16(19-2-3-26)24-15(23-13)10-5-21-17(18)22-6-10/h4-7,12,26H,2-3,8-9H2,1H3,(H2,18,21,22)(H,19,23,24). The average Bonchev–Trinajstić information content (AvgIpc) is 2.65. The smallest absolute Gasteiger partial charge is 0.219 e. The molecule has 1 fully saturated rings. The zero-order valence-corrected chi connectivity index (χ0v) is 14.8. The topological polar surface area (TPSA) is 135 Å². The molecule has 0 radical (unpaired) electrons. The zero-order valence-electron chi connectivity index (χ0n) is 14.8. The molecule has 0 bridgehead atoms. The molecule has 0 atom stereocenters. The fourth-order valence-electron chi connectivity index (χ4n) is 2.86. The van der Waals surface area contributed by atoms with Gasteiger partial charge in [0.15, 0.2) is 11.6 Å². The number of pyridine rings is 1. The van der Waals surface area contributed by atoms with Gasteiger partial charge in [0.25, 0.3) is 0 Å². The lowest BCUT2D eigenvalue weighted by Crippen LogP contribution is -2.51. The highest BCUT2D eigenvalue weighted by Gasteiger charge is 2.27. The summed E-state index contributed by atoms with van der Waals surface area (Å²) >= 11 is 0. The monoisotopic (exact) mass is 368 g/mol. The number of anilines is 3. The van der Waals surface area contributed by atoms with E-state index in [4.69, 9.17) is 15.6 Å². The number of fused-ring (bicyclic) bond motifs is 1. The van der Waals surface area contributed by atoms with Crippen LogP contribution in [0, 0.1) is 0 Å². The summed E-state index contributed by atoms with van der Waals surface area (Å²) in [4.78, 5) is 23.9. The molecule has 0 saturated carbocycles. The minimum atomic E-state index is -0.0178. The van der Waals surface area contributed by atoms with Gasteiger partial charge in [0.1, 0.15) is 5.52 Å². The summed E-state index contributed by atoms with van der Waals surface area (Å²) < 4.78 is 5.33. The number of nitrogens with zero attached hydrogens (tertiary/aromatic N) is 6. The van der Waals surface area contributed by atoms with Crippen LogP contribution >= 0.6 is 0 Å². The fourth-order valence-corrected chi connectivity index (χ4v) is 2.86. The van der Waals surface area contributed by atoms with Crippen LogP contribution in [0.5, 0.6) is 0 Å². The van der Waals surface area contributed by atoms with Gasteiger partial charge in [-0.15, -0.1) is 0 Å². The number of hydrogen-bond donors (Lipinski definition) is 3. The fraction of sp³-hybridized carbons (Fsp3) is 0.353. The van der Waals surface area contributed by atoms with Gasteiger partial charge in [0.2, 0.25) is 5.95 Å². The van der Waals surface area contributed by atoms with Crippen LogP contribution in [0.2, 0.25) is 0 Å². The molecule has 0 unspecified atom stereocenters.